The van der Waals surface area contributed by atoms with Crippen LogP contribution in [0.2, 0.25) is 0 Å². The van der Waals surface area contributed by atoms with Gasteiger partial charge in [-0.05, 0) is 56.9 Å². The second kappa shape index (κ2) is 14.1. The number of benzene rings is 1. The molecule has 0 fully saturated rings. The molecule has 0 heterocycles. The fraction of sp³-hybridized carbons (Fsp3) is 0.636. The molecule has 158 valence electrons. The number of aliphatic hydroxyl groups excluding tert-OH is 1. The van der Waals surface area contributed by atoms with Gasteiger partial charge in [0.05, 0.1) is 13.2 Å². The van der Waals surface area contributed by atoms with E-state index in [0.29, 0.717) is 18.6 Å². The minimum Gasteiger partial charge on any atom is -0.491 e. The van der Waals surface area contributed by atoms with Crippen molar-refractivity contribution in [3.05, 3.63) is 30.1 Å². The van der Waals surface area contributed by atoms with E-state index in [0.717, 1.165) is 44.9 Å². The molecule has 5 nitrogen and oxygen atoms in total. The van der Waals surface area contributed by atoms with Crippen LogP contribution in [0.5, 0.6) is 5.75 Å². The van der Waals surface area contributed by atoms with Crippen molar-refractivity contribution in [2.45, 2.75) is 70.8 Å². The van der Waals surface area contributed by atoms with E-state index in [2.05, 4.69) is 4.74 Å². The van der Waals surface area contributed by atoms with E-state index in [1.165, 1.54) is 31.4 Å². The highest BCUT2D eigenvalue weighted by molar-refractivity contribution is 5.78. The van der Waals surface area contributed by atoms with Gasteiger partial charge in [-0.2, -0.15) is 0 Å². The average Bonchev–Trinajstić information content (AvgIpc) is 2.68. The van der Waals surface area contributed by atoms with Crippen LogP contribution in [0.4, 0.5) is 4.39 Å². The molecular weight excluding hydrogens is 363 g/mol. The minimum atomic E-state index is -0.615. The summed E-state index contributed by atoms with van der Waals surface area (Å²) >= 11 is 0. The lowest BCUT2D eigenvalue weighted by Gasteiger charge is -2.16. The highest BCUT2D eigenvalue weighted by Crippen LogP contribution is 2.20. The Morgan fingerprint density at radius 2 is 1.64 bits per heavy atom. The first-order valence-electron chi connectivity index (χ1n) is 10.1. The molecule has 0 aliphatic heterocycles. The molecule has 0 aromatic heterocycles. The fourth-order valence-electron chi connectivity index (χ4n) is 3.07. The molecule has 1 aromatic rings. The fourth-order valence-corrected chi connectivity index (χ4v) is 3.07. The first kappa shape index (κ1) is 24.1. The summed E-state index contributed by atoms with van der Waals surface area (Å²) in [5, 5.41) is 10.0. The van der Waals surface area contributed by atoms with E-state index < -0.39 is 6.10 Å². The lowest BCUT2D eigenvalue weighted by atomic mass is 9.91. The van der Waals surface area contributed by atoms with E-state index in [1.807, 2.05) is 0 Å². The number of Topliss-reactive ketones (excluding diaryl/α,β-unsaturated/α-hetero) is 1. The number of ketones is 1. The number of rotatable bonds is 15. The van der Waals surface area contributed by atoms with Crippen molar-refractivity contribution in [3.63, 3.8) is 0 Å². The maximum Gasteiger partial charge on any atom is 0.305 e. The molecule has 1 aromatic carbocycles. The number of esters is 1. The number of halogens is 1. The molecule has 28 heavy (non-hydrogen) atoms. The molecule has 0 saturated heterocycles. The SMILES string of the molecule is COC(=O)CCCCCCC(CCCC(O)COc1ccc(F)cc1)C(C)=O. The monoisotopic (exact) mass is 396 g/mol. The summed E-state index contributed by atoms with van der Waals surface area (Å²) in [4.78, 5) is 22.9. The van der Waals surface area contributed by atoms with Gasteiger partial charge in [-0.3, -0.25) is 9.59 Å². The van der Waals surface area contributed by atoms with Gasteiger partial charge in [-0.1, -0.05) is 25.7 Å². The predicted octanol–water partition coefficient (Wildman–Crippen LogP) is 4.45. The zero-order valence-electron chi connectivity index (χ0n) is 17.0. The van der Waals surface area contributed by atoms with Crippen LogP contribution >= 0.6 is 0 Å². The molecular formula is C22H33FO5. The van der Waals surface area contributed by atoms with Crippen molar-refractivity contribution < 1.29 is 28.6 Å². The number of carbonyl (C=O) groups excluding carboxylic acids is 2. The molecule has 2 unspecified atom stereocenters. The highest BCUT2D eigenvalue weighted by atomic mass is 19.1. The molecule has 2 atom stereocenters. The minimum absolute atomic E-state index is 0.0193. The molecule has 0 saturated carbocycles. The van der Waals surface area contributed by atoms with Gasteiger partial charge in [0.1, 0.15) is 24.0 Å². The van der Waals surface area contributed by atoms with Gasteiger partial charge in [0.15, 0.2) is 0 Å². The van der Waals surface area contributed by atoms with E-state index in [4.69, 9.17) is 4.74 Å². The number of ether oxygens (including phenoxy) is 2. The Balaban J connectivity index is 2.15. The summed E-state index contributed by atoms with van der Waals surface area (Å²) in [6.07, 6.45) is 6.47. The maximum atomic E-state index is 12.8. The van der Waals surface area contributed by atoms with Crippen LogP contribution in [-0.4, -0.2) is 36.7 Å². The molecule has 0 amide bonds. The number of unbranched alkanes of at least 4 members (excludes halogenated alkanes) is 3. The van der Waals surface area contributed by atoms with Gasteiger partial charge < -0.3 is 14.6 Å². The van der Waals surface area contributed by atoms with Crippen molar-refractivity contribution in [1.82, 2.24) is 0 Å². The third kappa shape index (κ3) is 11.0. The Bertz CT molecular complexity index is 573. The van der Waals surface area contributed by atoms with Crippen LogP contribution in [0.15, 0.2) is 24.3 Å². The van der Waals surface area contributed by atoms with Crippen LogP contribution in [0.3, 0.4) is 0 Å². The number of methoxy groups -OCH3 is 1. The summed E-state index contributed by atoms with van der Waals surface area (Å²) in [6.45, 7) is 1.77. The lowest BCUT2D eigenvalue weighted by molar-refractivity contribution is -0.140. The van der Waals surface area contributed by atoms with Crippen LogP contribution in [0, 0.1) is 11.7 Å². The largest absolute Gasteiger partial charge is 0.491 e. The van der Waals surface area contributed by atoms with Crippen LogP contribution in [0.25, 0.3) is 0 Å². The zero-order valence-corrected chi connectivity index (χ0v) is 17.0. The second-order valence-electron chi connectivity index (χ2n) is 7.19. The number of carbonyl (C=O) groups is 2. The van der Waals surface area contributed by atoms with E-state index in [1.54, 1.807) is 6.92 Å². The molecule has 0 aliphatic carbocycles. The van der Waals surface area contributed by atoms with Crippen LogP contribution in [-0.2, 0) is 14.3 Å². The maximum absolute atomic E-state index is 12.8. The topological polar surface area (TPSA) is 72.8 Å². The smallest absolute Gasteiger partial charge is 0.305 e. The molecule has 1 rings (SSSR count). The number of aliphatic hydroxyl groups is 1. The van der Waals surface area contributed by atoms with Crippen molar-refractivity contribution in [3.8, 4) is 5.75 Å². The van der Waals surface area contributed by atoms with E-state index >= 15 is 0 Å². The van der Waals surface area contributed by atoms with Gasteiger partial charge in [0, 0.05) is 12.3 Å². The summed E-state index contributed by atoms with van der Waals surface area (Å²) in [7, 11) is 1.39. The zero-order chi connectivity index (χ0) is 20.8. The first-order valence-corrected chi connectivity index (χ1v) is 10.1. The van der Waals surface area contributed by atoms with Crippen LogP contribution < -0.4 is 4.74 Å². The molecule has 0 radical (unpaired) electrons. The Kier molecular flexibility index (Phi) is 12.1. The molecule has 6 heteroatoms. The Morgan fingerprint density at radius 1 is 1.00 bits per heavy atom. The van der Waals surface area contributed by atoms with Gasteiger partial charge >= 0.3 is 5.97 Å². The van der Waals surface area contributed by atoms with Gasteiger partial charge in [-0.25, -0.2) is 4.39 Å². The van der Waals surface area contributed by atoms with Crippen molar-refractivity contribution in [2.24, 2.45) is 5.92 Å². The molecule has 0 spiro atoms. The summed E-state index contributed by atoms with van der Waals surface area (Å²) in [6, 6.07) is 5.68. The third-order valence-corrected chi connectivity index (χ3v) is 4.83. The highest BCUT2D eigenvalue weighted by Gasteiger charge is 2.15. The summed E-state index contributed by atoms with van der Waals surface area (Å²) < 4.78 is 22.9. The van der Waals surface area contributed by atoms with Crippen molar-refractivity contribution >= 4 is 11.8 Å². The molecule has 1 N–H and O–H groups in total. The van der Waals surface area contributed by atoms with Crippen molar-refractivity contribution in [1.29, 1.82) is 0 Å². The lowest BCUT2D eigenvalue weighted by Crippen LogP contribution is -2.18. The Morgan fingerprint density at radius 3 is 2.29 bits per heavy atom. The van der Waals surface area contributed by atoms with Gasteiger partial charge in [0.25, 0.3) is 0 Å². The van der Waals surface area contributed by atoms with Gasteiger partial charge in [0.2, 0.25) is 0 Å². The van der Waals surface area contributed by atoms with Gasteiger partial charge in [-0.15, -0.1) is 0 Å². The van der Waals surface area contributed by atoms with Crippen molar-refractivity contribution in [2.75, 3.05) is 13.7 Å². The number of hydrogen-bond acceptors (Lipinski definition) is 5. The average molecular weight is 396 g/mol. The van der Waals surface area contributed by atoms with E-state index in [9.17, 15) is 19.1 Å². The molecule has 0 bridgehead atoms. The van der Waals surface area contributed by atoms with Crippen LogP contribution in [0.1, 0.15) is 64.7 Å². The standard InChI is InChI=1S/C22H33FO5/c1-17(24)18(8-5-3-4-6-11-22(26)27-2)9-7-10-20(25)16-28-21-14-12-19(23)13-15-21/h12-15,18,20,25H,3-11,16H2,1-2H3. The second-order valence-corrected chi connectivity index (χ2v) is 7.19. The summed E-state index contributed by atoms with van der Waals surface area (Å²) in [5.41, 5.74) is 0. The Labute approximate surface area is 167 Å². The molecule has 0 aliphatic rings. The normalized spacial score (nSPS) is 13.0. The number of hydrogen-bond donors (Lipinski definition) is 1. The predicted molar refractivity (Wildman–Crippen MR) is 106 cm³/mol. The third-order valence-electron chi connectivity index (χ3n) is 4.83. The van der Waals surface area contributed by atoms with E-state index in [-0.39, 0.29) is 30.1 Å². The summed E-state index contributed by atoms with van der Waals surface area (Å²) in [5.74, 6) is 0.224. The quantitative estimate of drug-likeness (QED) is 0.350. The Hall–Kier alpha value is -1.95. The first-order chi connectivity index (χ1) is 13.4.